The Balaban J connectivity index is 2.41. The Morgan fingerprint density at radius 2 is 2.13 bits per heavy atom. The van der Waals surface area contributed by atoms with Gasteiger partial charge in [0.1, 0.15) is 0 Å². The van der Waals surface area contributed by atoms with Crippen molar-refractivity contribution >= 4 is 28.4 Å². The van der Waals surface area contributed by atoms with Gasteiger partial charge in [-0.25, -0.2) is 0 Å². The second-order valence-electron chi connectivity index (χ2n) is 3.67. The van der Waals surface area contributed by atoms with Crippen molar-refractivity contribution < 1.29 is 0 Å². The summed E-state index contributed by atoms with van der Waals surface area (Å²) in [6.07, 6.45) is 0. The van der Waals surface area contributed by atoms with Crippen molar-refractivity contribution in [2.24, 2.45) is 0 Å². The van der Waals surface area contributed by atoms with Crippen molar-refractivity contribution in [1.29, 1.82) is 0 Å². The maximum Gasteiger partial charge on any atom is 0.0726 e. The maximum atomic E-state index is 4.70. The highest BCUT2D eigenvalue weighted by Gasteiger charge is 2.18. The van der Waals surface area contributed by atoms with E-state index in [4.69, 9.17) is 4.98 Å². The lowest BCUT2D eigenvalue weighted by Crippen LogP contribution is -1.98. The molecular formula is C12H12N2S. The van der Waals surface area contributed by atoms with E-state index in [2.05, 4.69) is 23.5 Å². The minimum Gasteiger partial charge on any atom is -0.387 e. The molecule has 1 aliphatic heterocycles. The van der Waals surface area contributed by atoms with E-state index in [-0.39, 0.29) is 0 Å². The van der Waals surface area contributed by atoms with Gasteiger partial charge in [0.2, 0.25) is 0 Å². The van der Waals surface area contributed by atoms with E-state index in [0.29, 0.717) is 0 Å². The van der Waals surface area contributed by atoms with Gasteiger partial charge in [0.25, 0.3) is 0 Å². The number of para-hydroxylation sites is 1. The molecule has 0 bridgehead atoms. The molecule has 1 N–H and O–H groups in total. The van der Waals surface area contributed by atoms with Gasteiger partial charge < -0.3 is 5.32 Å². The molecule has 1 aliphatic rings. The van der Waals surface area contributed by atoms with Gasteiger partial charge in [0.15, 0.2) is 0 Å². The van der Waals surface area contributed by atoms with Crippen LogP contribution in [0.2, 0.25) is 0 Å². The number of rotatable bonds is 1. The molecule has 0 unspecified atom stereocenters. The number of hydrogen-bond acceptors (Lipinski definition) is 3. The normalized spacial score (nSPS) is 14.2. The number of pyridine rings is 1. The molecule has 0 fully saturated rings. The molecular weight excluding hydrogens is 204 g/mol. The van der Waals surface area contributed by atoms with Crippen LogP contribution in [0.3, 0.4) is 0 Å². The van der Waals surface area contributed by atoms with Gasteiger partial charge in [-0.05, 0) is 6.07 Å². The number of fused-ring (bicyclic) bond motifs is 2. The predicted octanol–water partition coefficient (Wildman–Crippen LogP) is 3.02. The molecule has 0 spiro atoms. The molecule has 0 aliphatic carbocycles. The standard InChI is InChI=1S/C12H12N2S/c1-13-12-8-4-2-3-5-10(8)14-11-7-15-6-9(11)12/h2-5H,6-7H2,1H3,(H,13,14). The lowest BCUT2D eigenvalue weighted by Gasteiger charge is -2.10. The van der Waals surface area contributed by atoms with E-state index >= 15 is 0 Å². The average molecular weight is 216 g/mol. The molecule has 0 saturated carbocycles. The first kappa shape index (κ1) is 9.04. The van der Waals surface area contributed by atoms with E-state index < -0.39 is 0 Å². The Hall–Kier alpha value is -1.22. The molecule has 3 rings (SSSR count). The molecule has 1 aromatic heterocycles. The fraction of sp³-hybridized carbons (Fsp3) is 0.250. The molecule has 3 heteroatoms. The molecule has 1 aromatic carbocycles. The summed E-state index contributed by atoms with van der Waals surface area (Å²) in [5.41, 5.74) is 5.01. The summed E-state index contributed by atoms with van der Waals surface area (Å²) >= 11 is 1.94. The third-order valence-corrected chi connectivity index (χ3v) is 3.78. The van der Waals surface area contributed by atoms with Crippen LogP contribution in [0.5, 0.6) is 0 Å². The smallest absolute Gasteiger partial charge is 0.0726 e. The highest BCUT2D eigenvalue weighted by atomic mass is 32.2. The van der Waals surface area contributed by atoms with Crippen LogP contribution in [0.15, 0.2) is 24.3 Å². The Labute approximate surface area is 93.1 Å². The Morgan fingerprint density at radius 3 is 3.00 bits per heavy atom. The van der Waals surface area contributed by atoms with E-state index in [0.717, 1.165) is 17.0 Å². The van der Waals surface area contributed by atoms with E-state index in [1.54, 1.807) is 0 Å². The van der Waals surface area contributed by atoms with Crippen LogP contribution < -0.4 is 5.32 Å². The van der Waals surface area contributed by atoms with Crippen molar-refractivity contribution in [3.63, 3.8) is 0 Å². The number of benzene rings is 1. The molecule has 0 radical (unpaired) electrons. The van der Waals surface area contributed by atoms with Gasteiger partial charge in [-0.2, -0.15) is 11.8 Å². The van der Waals surface area contributed by atoms with Crippen molar-refractivity contribution in [2.45, 2.75) is 11.5 Å². The summed E-state index contributed by atoms with van der Waals surface area (Å²) in [5, 5.41) is 4.55. The van der Waals surface area contributed by atoms with Crippen LogP contribution in [0, 0.1) is 0 Å². The lowest BCUT2D eigenvalue weighted by atomic mass is 10.1. The first-order valence-electron chi connectivity index (χ1n) is 5.06. The predicted molar refractivity (Wildman–Crippen MR) is 66.3 cm³/mol. The summed E-state index contributed by atoms with van der Waals surface area (Å²) in [5.74, 6) is 2.14. The molecule has 2 heterocycles. The monoisotopic (exact) mass is 216 g/mol. The Morgan fingerprint density at radius 1 is 1.27 bits per heavy atom. The number of anilines is 1. The minimum absolute atomic E-state index is 1.05. The lowest BCUT2D eigenvalue weighted by molar-refractivity contribution is 1.19. The van der Waals surface area contributed by atoms with Crippen molar-refractivity contribution in [3.8, 4) is 0 Å². The van der Waals surface area contributed by atoms with Gasteiger partial charge in [-0.3, -0.25) is 4.98 Å². The number of aromatic nitrogens is 1. The van der Waals surface area contributed by atoms with Crippen LogP contribution >= 0.6 is 11.8 Å². The first-order chi connectivity index (χ1) is 7.40. The van der Waals surface area contributed by atoms with Crippen molar-refractivity contribution in [3.05, 3.63) is 35.5 Å². The molecule has 0 atom stereocenters. The molecule has 15 heavy (non-hydrogen) atoms. The van der Waals surface area contributed by atoms with E-state index in [1.165, 1.54) is 22.3 Å². The molecule has 2 aromatic rings. The second-order valence-corrected chi connectivity index (χ2v) is 4.66. The Kier molecular flexibility index (Phi) is 2.06. The zero-order chi connectivity index (χ0) is 10.3. The number of hydrogen-bond donors (Lipinski definition) is 1. The van der Waals surface area contributed by atoms with Crippen LogP contribution in [0.1, 0.15) is 11.3 Å². The maximum absolute atomic E-state index is 4.70. The number of thioether (sulfide) groups is 1. The van der Waals surface area contributed by atoms with Crippen LogP contribution in [-0.2, 0) is 11.5 Å². The van der Waals surface area contributed by atoms with Gasteiger partial charge >= 0.3 is 0 Å². The summed E-state index contributed by atoms with van der Waals surface area (Å²) < 4.78 is 0. The summed E-state index contributed by atoms with van der Waals surface area (Å²) in [6, 6.07) is 8.33. The summed E-state index contributed by atoms with van der Waals surface area (Å²) in [7, 11) is 1.99. The molecule has 0 saturated heterocycles. The molecule has 2 nitrogen and oxygen atoms in total. The summed E-state index contributed by atoms with van der Waals surface area (Å²) in [4.78, 5) is 4.70. The topological polar surface area (TPSA) is 24.9 Å². The van der Waals surface area contributed by atoms with Crippen LogP contribution in [-0.4, -0.2) is 12.0 Å². The van der Waals surface area contributed by atoms with Crippen LogP contribution in [0.25, 0.3) is 10.9 Å². The molecule has 76 valence electrons. The number of nitrogens with zero attached hydrogens (tertiary/aromatic N) is 1. The zero-order valence-corrected chi connectivity index (χ0v) is 9.40. The highest BCUT2D eigenvalue weighted by Crippen LogP contribution is 2.37. The van der Waals surface area contributed by atoms with E-state index in [9.17, 15) is 0 Å². The van der Waals surface area contributed by atoms with Crippen molar-refractivity contribution in [2.75, 3.05) is 12.4 Å². The quantitative estimate of drug-likeness (QED) is 0.793. The fourth-order valence-corrected chi connectivity index (χ4v) is 3.16. The minimum atomic E-state index is 1.05. The summed E-state index contributed by atoms with van der Waals surface area (Å²) in [6.45, 7) is 0. The third-order valence-electron chi connectivity index (χ3n) is 2.81. The molecule has 0 amide bonds. The van der Waals surface area contributed by atoms with Crippen LogP contribution in [0.4, 0.5) is 5.69 Å². The van der Waals surface area contributed by atoms with Gasteiger partial charge in [0, 0.05) is 35.2 Å². The average Bonchev–Trinajstić information content (AvgIpc) is 2.73. The number of nitrogens with one attached hydrogen (secondary N) is 1. The van der Waals surface area contributed by atoms with Gasteiger partial charge in [-0.1, -0.05) is 18.2 Å². The Bertz CT molecular complexity index is 522. The highest BCUT2D eigenvalue weighted by molar-refractivity contribution is 7.98. The first-order valence-corrected chi connectivity index (χ1v) is 6.21. The van der Waals surface area contributed by atoms with Gasteiger partial charge in [-0.15, -0.1) is 0 Å². The van der Waals surface area contributed by atoms with Gasteiger partial charge in [0.05, 0.1) is 11.2 Å². The SMILES string of the molecule is CNc1c2c(nc3ccccc13)CSC2. The third kappa shape index (κ3) is 1.30. The second kappa shape index (κ2) is 3.42. The zero-order valence-electron chi connectivity index (χ0n) is 8.58. The largest absolute Gasteiger partial charge is 0.387 e. The van der Waals surface area contributed by atoms with Crippen molar-refractivity contribution in [1.82, 2.24) is 4.98 Å². The van der Waals surface area contributed by atoms with E-state index in [1.807, 2.05) is 24.9 Å². The fourth-order valence-electron chi connectivity index (χ4n) is 2.11.